The molecule has 0 saturated heterocycles. The summed E-state index contributed by atoms with van der Waals surface area (Å²) < 4.78 is 12.4. The van der Waals surface area contributed by atoms with Gasteiger partial charge in [-0.25, -0.2) is 14.7 Å². The van der Waals surface area contributed by atoms with Crippen molar-refractivity contribution in [1.82, 2.24) is 9.78 Å². The SMILES string of the molecule is COC(=O)C1(c2nn(COCCS(C)(C)C)c3ccccc3c2=O)CC1. The molecule has 1 saturated carbocycles. The van der Waals surface area contributed by atoms with E-state index in [9.17, 15) is 9.59 Å². The lowest BCUT2D eigenvalue weighted by molar-refractivity contribution is -0.143. The molecule has 1 aromatic carbocycles. The van der Waals surface area contributed by atoms with E-state index < -0.39 is 15.4 Å². The molecule has 26 heavy (non-hydrogen) atoms. The lowest BCUT2D eigenvalue weighted by Crippen LogP contribution is -2.32. The van der Waals surface area contributed by atoms with Gasteiger partial charge in [-0.1, -0.05) is 12.1 Å². The summed E-state index contributed by atoms with van der Waals surface area (Å²) in [5.74, 6) is 0.616. The van der Waals surface area contributed by atoms with Crippen molar-refractivity contribution in [2.24, 2.45) is 0 Å². The Balaban J connectivity index is 1.96. The van der Waals surface area contributed by atoms with Gasteiger partial charge in [0.1, 0.15) is 17.8 Å². The molecule has 0 unspecified atom stereocenters. The first-order chi connectivity index (χ1) is 12.3. The van der Waals surface area contributed by atoms with E-state index in [0.29, 0.717) is 30.4 Å². The lowest BCUT2D eigenvalue weighted by atomic mass is 10.0. The maximum atomic E-state index is 12.9. The summed E-state index contributed by atoms with van der Waals surface area (Å²) >= 11 is 0. The Labute approximate surface area is 154 Å². The number of nitrogens with zero attached hydrogens (tertiary/aromatic N) is 2. The third kappa shape index (κ3) is 3.64. The summed E-state index contributed by atoms with van der Waals surface area (Å²) in [5, 5.41) is 5.08. The molecule has 0 atom stereocenters. The Morgan fingerprint density at radius 2 is 1.96 bits per heavy atom. The summed E-state index contributed by atoms with van der Waals surface area (Å²) in [6.45, 7) is 0.888. The van der Waals surface area contributed by atoms with Gasteiger partial charge >= 0.3 is 5.97 Å². The molecule has 0 spiro atoms. The quantitative estimate of drug-likeness (QED) is 0.546. The van der Waals surface area contributed by atoms with Gasteiger partial charge in [-0.05, 0) is 43.7 Å². The summed E-state index contributed by atoms with van der Waals surface area (Å²) in [4.78, 5) is 25.2. The molecule has 0 N–H and O–H groups in total. The first-order valence-electron chi connectivity index (χ1n) is 8.61. The van der Waals surface area contributed by atoms with Crippen LogP contribution in [0.3, 0.4) is 0 Å². The number of rotatable bonds is 7. The Bertz CT molecular complexity index is 881. The number of carbonyl (C=O) groups excluding carboxylic acids is 1. The predicted molar refractivity (Wildman–Crippen MR) is 105 cm³/mol. The number of fused-ring (bicyclic) bond motifs is 1. The van der Waals surface area contributed by atoms with Gasteiger partial charge in [-0.3, -0.25) is 9.59 Å². The standard InChI is InChI=1S/C19H26N2O4S/c1-24-18(23)19(9-10-19)17-16(22)14-7-5-6-8-15(14)21(20-17)13-25-11-12-26(2,3)4/h5-8H,9-13H2,1-4H3. The molecule has 1 fully saturated rings. The van der Waals surface area contributed by atoms with Crippen LogP contribution in [0.5, 0.6) is 0 Å². The van der Waals surface area contributed by atoms with Crippen LogP contribution in [0.1, 0.15) is 18.5 Å². The van der Waals surface area contributed by atoms with Gasteiger partial charge in [0, 0.05) is 11.1 Å². The summed E-state index contributed by atoms with van der Waals surface area (Å²) in [7, 11) is 0.717. The van der Waals surface area contributed by atoms with Crippen molar-refractivity contribution in [2.45, 2.75) is 25.0 Å². The number of carbonyl (C=O) groups is 1. The van der Waals surface area contributed by atoms with Crippen LogP contribution >= 0.6 is 10.0 Å². The van der Waals surface area contributed by atoms with E-state index >= 15 is 0 Å². The first kappa shape index (κ1) is 18.9. The molecule has 0 radical (unpaired) electrons. The van der Waals surface area contributed by atoms with E-state index in [1.807, 2.05) is 18.2 Å². The van der Waals surface area contributed by atoms with Crippen LogP contribution in [-0.2, 0) is 26.4 Å². The predicted octanol–water partition coefficient (Wildman–Crippen LogP) is 2.27. The highest BCUT2D eigenvalue weighted by atomic mass is 32.3. The number of aromatic nitrogens is 2. The maximum absolute atomic E-state index is 12.9. The summed E-state index contributed by atoms with van der Waals surface area (Å²) in [6, 6.07) is 7.31. The molecule has 2 aromatic rings. The Morgan fingerprint density at radius 1 is 1.27 bits per heavy atom. The first-order valence-corrected chi connectivity index (χ1v) is 11.6. The normalized spacial score (nSPS) is 16.5. The van der Waals surface area contributed by atoms with Crippen molar-refractivity contribution < 1.29 is 14.3 Å². The molecule has 0 bridgehead atoms. The minimum Gasteiger partial charge on any atom is -0.468 e. The van der Waals surface area contributed by atoms with E-state index in [1.54, 1.807) is 10.7 Å². The third-order valence-corrected chi connectivity index (χ3v) is 6.09. The van der Waals surface area contributed by atoms with Crippen molar-refractivity contribution in [3.63, 3.8) is 0 Å². The molecule has 0 amide bonds. The topological polar surface area (TPSA) is 70.4 Å². The zero-order valence-electron chi connectivity index (χ0n) is 15.8. The van der Waals surface area contributed by atoms with Crippen molar-refractivity contribution >= 4 is 26.9 Å². The molecular formula is C19H26N2O4S. The number of hydrogen-bond acceptors (Lipinski definition) is 5. The van der Waals surface area contributed by atoms with Crippen molar-refractivity contribution in [3.8, 4) is 0 Å². The lowest BCUT2D eigenvalue weighted by Gasteiger charge is -2.24. The van der Waals surface area contributed by atoms with Crippen LogP contribution in [0, 0.1) is 0 Å². The smallest absolute Gasteiger partial charge is 0.318 e. The molecule has 1 heterocycles. The van der Waals surface area contributed by atoms with Crippen LogP contribution < -0.4 is 5.43 Å². The summed E-state index contributed by atoms with van der Waals surface area (Å²) in [6.07, 6.45) is 7.92. The molecule has 1 aliphatic carbocycles. The van der Waals surface area contributed by atoms with E-state index in [0.717, 1.165) is 5.75 Å². The monoisotopic (exact) mass is 378 g/mol. The highest BCUT2D eigenvalue weighted by molar-refractivity contribution is 8.32. The number of methoxy groups -OCH3 is 1. The molecule has 7 heteroatoms. The fourth-order valence-corrected chi connectivity index (χ4v) is 3.59. The summed E-state index contributed by atoms with van der Waals surface area (Å²) in [5.41, 5.74) is -0.107. The zero-order valence-corrected chi connectivity index (χ0v) is 16.6. The van der Waals surface area contributed by atoms with Gasteiger partial charge in [0.05, 0.1) is 19.2 Å². The minimum atomic E-state index is -0.896. The fourth-order valence-electron chi connectivity index (χ4n) is 2.97. The van der Waals surface area contributed by atoms with Crippen LogP contribution in [0.25, 0.3) is 10.9 Å². The van der Waals surface area contributed by atoms with Gasteiger partial charge in [0.25, 0.3) is 0 Å². The van der Waals surface area contributed by atoms with Gasteiger partial charge in [0.15, 0.2) is 0 Å². The molecule has 3 rings (SSSR count). The number of para-hydroxylation sites is 1. The number of hydrogen-bond donors (Lipinski definition) is 0. The second kappa shape index (κ2) is 7.04. The molecule has 0 aliphatic heterocycles. The second-order valence-corrected chi connectivity index (χ2v) is 12.2. The van der Waals surface area contributed by atoms with Gasteiger partial charge in [-0.15, -0.1) is 0 Å². The van der Waals surface area contributed by atoms with E-state index in [-0.39, 0.29) is 23.8 Å². The molecule has 1 aliphatic rings. The number of ether oxygens (including phenoxy) is 2. The number of benzene rings is 1. The number of esters is 1. The highest BCUT2D eigenvalue weighted by Gasteiger charge is 2.56. The highest BCUT2D eigenvalue weighted by Crippen LogP contribution is 2.47. The van der Waals surface area contributed by atoms with Crippen LogP contribution in [0.2, 0.25) is 0 Å². The minimum absolute atomic E-state index is 0.195. The van der Waals surface area contributed by atoms with E-state index in [2.05, 4.69) is 23.9 Å². The molecular weight excluding hydrogens is 352 g/mol. The average molecular weight is 378 g/mol. The largest absolute Gasteiger partial charge is 0.468 e. The molecule has 6 nitrogen and oxygen atoms in total. The van der Waals surface area contributed by atoms with Gasteiger partial charge < -0.3 is 9.47 Å². The van der Waals surface area contributed by atoms with Crippen LogP contribution in [0.15, 0.2) is 29.1 Å². The Kier molecular flexibility index (Phi) is 5.12. The molecule has 142 valence electrons. The van der Waals surface area contributed by atoms with Crippen molar-refractivity contribution in [1.29, 1.82) is 0 Å². The second-order valence-electron chi connectivity index (χ2n) is 7.60. The van der Waals surface area contributed by atoms with Gasteiger partial charge in [0.2, 0.25) is 5.43 Å². The average Bonchev–Trinajstić information content (AvgIpc) is 3.40. The van der Waals surface area contributed by atoms with E-state index in [1.165, 1.54) is 7.11 Å². The van der Waals surface area contributed by atoms with Gasteiger partial charge in [-0.2, -0.15) is 5.10 Å². The Hall–Kier alpha value is -1.86. The van der Waals surface area contributed by atoms with Crippen LogP contribution in [-0.4, -0.2) is 54.0 Å². The zero-order chi connectivity index (χ0) is 18.9. The Morgan fingerprint density at radius 3 is 2.58 bits per heavy atom. The maximum Gasteiger partial charge on any atom is 0.318 e. The third-order valence-electron chi connectivity index (χ3n) is 4.70. The van der Waals surface area contributed by atoms with E-state index in [4.69, 9.17) is 9.47 Å². The van der Waals surface area contributed by atoms with Crippen molar-refractivity contribution in [3.05, 3.63) is 40.2 Å². The van der Waals surface area contributed by atoms with Crippen molar-refractivity contribution in [2.75, 3.05) is 38.2 Å². The van der Waals surface area contributed by atoms with Crippen LogP contribution in [0.4, 0.5) is 0 Å². The molecule has 1 aromatic heterocycles. The fraction of sp³-hybridized carbons (Fsp3) is 0.526.